The molecule has 1 saturated heterocycles. The van der Waals surface area contributed by atoms with Crippen molar-refractivity contribution in [1.82, 2.24) is 9.62 Å². The number of sulfonamides is 2. The topological polar surface area (TPSA) is 133 Å². The smallest absolute Gasteiger partial charge is 0.308 e. The van der Waals surface area contributed by atoms with Gasteiger partial charge in [0.1, 0.15) is 0 Å². The molecule has 4 rings (SSSR count). The average molecular weight is 557 g/mol. The molecule has 3 aromatic rings. The molecule has 0 unspecified atom stereocenters. The first kappa shape index (κ1) is 27.3. The number of amides is 4. The largest absolute Gasteiger partial charge is 0.344 e. The lowest BCUT2D eigenvalue weighted by Gasteiger charge is -2.25. The van der Waals surface area contributed by atoms with Crippen LogP contribution in [0.5, 0.6) is 0 Å². The van der Waals surface area contributed by atoms with Gasteiger partial charge < -0.3 is 5.32 Å². The van der Waals surface area contributed by atoms with Crippen LogP contribution in [0.4, 0.5) is 21.0 Å². The standard InChI is InChI=1S/C26H28N4O6S2/c1-20-10-14-22(15-11-20)30(38(35,36)23-8-4-2-5-9-23)26(32)28-25(31)27-21-12-16-24(17-13-21)37(33,34)29-18-6-3-7-19-29/h2,4-5,8-17H,3,6-7,18-19H2,1H3,(H2,27,28,31,32). The van der Waals surface area contributed by atoms with Crippen LogP contribution in [0.3, 0.4) is 0 Å². The Hall–Kier alpha value is -3.74. The van der Waals surface area contributed by atoms with Crippen molar-refractivity contribution < 1.29 is 26.4 Å². The molecule has 4 amide bonds. The maximum atomic E-state index is 13.3. The molecule has 12 heteroatoms. The van der Waals surface area contributed by atoms with E-state index in [0.29, 0.717) is 17.4 Å². The fourth-order valence-electron chi connectivity index (χ4n) is 4.02. The van der Waals surface area contributed by atoms with E-state index in [-0.39, 0.29) is 21.2 Å². The third-order valence-electron chi connectivity index (χ3n) is 6.02. The summed E-state index contributed by atoms with van der Waals surface area (Å²) in [6, 6.07) is 17.0. The lowest BCUT2D eigenvalue weighted by molar-refractivity contribution is 0.238. The normalized spacial score (nSPS) is 14.4. The Morgan fingerprint density at radius 2 is 1.37 bits per heavy atom. The van der Waals surface area contributed by atoms with Gasteiger partial charge in [0, 0.05) is 18.8 Å². The minimum Gasteiger partial charge on any atom is -0.308 e. The zero-order valence-corrected chi connectivity index (χ0v) is 22.3. The molecule has 38 heavy (non-hydrogen) atoms. The Morgan fingerprint density at radius 3 is 1.97 bits per heavy atom. The second-order valence-corrected chi connectivity index (χ2v) is 12.5. The predicted molar refractivity (Wildman–Crippen MR) is 144 cm³/mol. The Bertz CT molecular complexity index is 1500. The molecule has 0 saturated carbocycles. The van der Waals surface area contributed by atoms with E-state index in [1.54, 1.807) is 18.2 Å². The summed E-state index contributed by atoms with van der Waals surface area (Å²) in [5, 5.41) is 4.48. The maximum Gasteiger partial charge on any atom is 0.344 e. The van der Waals surface area contributed by atoms with Crippen LogP contribution in [0.15, 0.2) is 88.7 Å². The van der Waals surface area contributed by atoms with Gasteiger partial charge >= 0.3 is 12.1 Å². The summed E-state index contributed by atoms with van der Waals surface area (Å²) >= 11 is 0. The van der Waals surface area contributed by atoms with E-state index in [1.165, 1.54) is 65.0 Å². The van der Waals surface area contributed by atoms with Gasteiger partial charge in [0.2, 0.25) is 10.0 Å². The molecule has 0 aromatic heterocycles. The molecular formula is C26H28N4O6S2. The van der Waals surface area contributed by atoms with E-state index in [2.05, 4.69) is 5.32 Å². The highest BCUT2D eigenvalue weighted by Gasteiger charge is 2.32. The number of carbonyl (C=O) groups is 2. The van der Waals surface area contributed by atoms with Crippen LogP contribution in [0.25, 0.3) is 0 Å². The van der Waals surface area contributed by atoms with E-state index in [1.807, 2.05) is 12.2 Å². The number of urea groups is 2. The Labute approximate surface area is 222 Å². The molecule has 1 fully saturated rings. The fourth-order valence-corrected chi connectivity index (χ4v) is 6.91. The van der Waals surface area contributed by atoms with Crippen LogP contribution in [-0.4, -0.2) is 46.3 Å². The van der Waals surface area contributed by atoms with Crippen LogP contribution in [-0.2, 0) is 20.0 Å². The van der Waals surface area contributed by atoms with Gasteiger partial charge in [-0.25, -0.2) is 26.4 Å². The molecule has 0 atom stereocenters. The van der Waals surface area contributed by atoms with Gasteiger partial charge in [-0.05, 0) is 68.3 Å². The van der Waals surface area contributed by atoms with Gasteiger partial charge in [0.25, 0.3) is 10.0 Å². The first-order valence-corrected chi connectivity index (χ1v) is 14.9. The molecule has 1 heterocycles. The fraction of sp³-hybridized carbons (Fsp3) is 0.231. The molecule has 200 valence electrons. The second-order valence-electron chi connectivity index (χ2n) is 8.79. The van der Waals surface area contributed by atoms with E-state index in [4.69, 9.17) is 0 Å². The van der Waals surface area contributed by atoms with Gasteiger partial charge in [0.15, 0.2) is 0 Å². The van der Waals surface area contributed by atoms with E-state index >= 15 is 0 Å². The number of nitrogens with one attached hydrogen (secondary N) is 2. The van der Waals surface area contributed by atoms with Crippen molar-refractivity contribution in [2.75, 3.05) is 22.7 Å². The van der Waals surface area contributed by atoms with Crippen LogP contribution in [0.1, 0.15) is 24.8 Å². The number of nitrogens with zero attached hydrogens (tertiary/aromatic N) is 2. The molecule has 1 aliphatic heterocycles. The highest BCUT2D eigenvalue weighted by Crippen LogP contribution is 2.25. The summed E-state index contributed by atoms with van der Waals surface area (Å²) in [7, 11) is -7.98. The SMILES string of the molecule is Cc1ccc(N(C(=O)NC(=O)Nc2ccc(S(=O)(=O)N3CCCCC3)cc2)S(=O)(=O)c2ccccc2)cc1. The number of rotatable bonds is 6. The minimum atomic E-state index is -4.35. The second kappa shape index (κ2) is 11.3. The summed E-state index contributed by atoms with van der Waals surface area (Å²) < 4.78 is 54.3. The van der Waals surface area contributed by atoms with Crippen LogP contribution in [0, 0.1) is 6.92 Å². The van der Waals surface area contributed by atoms with Crippen molar-refractivity contribution in [3.05, 3.63) is 84.4 Å². The van der Waals surface area contributed by atoms with Gasteiger partial charge in [-0.15, -0.1) is 0 Å². The summed E-state index contributed by atoms with van der Waals surface area (Å²) in [5.41, 5.74) is 1.13. The molecule has 2 N–H and O–H groups in total. The van der Waals surface area contributed by atoms with E-state index in [0.717, 1.165) is 24.8 Å². The first-order chi connectivity index (χ1) is 18.1. The predicted octanol–water partition coefficient (Wildman–Crippen LogP) is 4.31. The molecule has 3 aromatic carbocycles. The molecule has 10 nitrogen and oxygen atoms in total. The van der Waals surface area contributed by atoms with Gasteiger partial charge in [-0.3, -0.25) is 5.32 Å². The number of piperidine rings is 1. The summed E-state index contributed by atoms with van der Waals surface area (Å²) in [5.74, 6) is 0. The van der Waals surface area contributed by atoms with Gasteiger partial charge in [-0.2, -0.15) is 8.61 Å². The quantitative estimate of drug-likeness (QED) is 0.465. The van der Waals surface area contributed by atoms with Crippen molar-refractivity contribution in [2.24, 2.45) is 0 Å². The summed E-state index contributed by atoms with van der Waals surface area (Å²) in [4.78, 5) is 25.7. The van der Waals surface area contributed by atoms with E-state index < -0.39 is 32.1 Å². The highest BCUT2D eigenvalue weighted by atomic mass is 32.2. The van der Waals surface area contributed by atoms with Crippen LogP contribution < -0.4 is 14.9 Å². The third kappa shape index (κ3) is 6.04. The summed E-state index contributed by atoms with van der Waals surface area (Å²) in [6.07, 6.45) is 2.62. The minimum absolute atomic E-state index is 0.0528. The number of anilines is 2. The molecule has 0 aliphatic carbocycles. The van der Waals surface area contributed by atoms with E-state index in [9.17, 15) is 26.4 Å². The molecule has 0 radical (unpaired) electrons. The molecule has 0 bridgehead atoms. The lowest BCUT2D eigenvalue weighted by Crippen LogP contribution is -2.47. The van der Waals surface area contributed by atoms with Crippen LogP contribution in [0.2, 0.25) is 0 Å². The summed E-state index contributed by atoms with van der Waals surface area (Å²) in [6.45, 7) is 2.75. The lowest BCUT2D eigenvalue weighted by atomic mass is 10.2. The highest BCUT2D eigenvalue weighted by molar-refractivity contribution is 7.93. The third-order valence-corrected chi connectivity index (χ3v) is 9.66. The number of carbonyl (C=O) groups excluding carboxylic acids is 2. The number of imide groups is 1. The zero-order chi connectivity index (χ0) is 27.3. The zero-order valence-electron chi connectivity index (χ0n) is 20.7. The number of hydrogen-bond donors (Lipinski definition) is 2. The van der Waals surface area contributed by atoms with Gasteiger partial charge in [-0.1, -0.05) is 42.3 Å². The van der Waals surface area contributed by atoms with Crippen LogP contribution >= 0.6 is 0 Å². The first-order valence-electron chi connectivity index (χ1n) is 12.0. The van der Waals surface area contributed by atoms with Gasteiger partial charge in [0.05, 0.1) is 15.5 Å². The van der Waals surface area contributed by atoms with Crippen molar-refractivity contribution in [1.29, 1.82) is 0 Å². The number of hydrogen-bond acceptors (Lipinski definition) is 6. The van der Waals surface area contributed by atoms with Crippen molar-refractivity contribution in [3.63, 3.8) is 0 Å². The maximum absolute atomic E-state index is 13.3. The Morgan fingerprint density at radius 1 is 0.763 bits per heavy atom. The monoisotopic (exact) mass is 556 g/mol. The average Bonchev–Trinajstić information content (AvgIpc) is 2.91. The van der Waals surface area contributed by atoms with Crippen molar-refractivity contribution in [2.45, 2.75) is 36.0 Å². The molecule has 0 spiro atoms. The van der Waals surface area contributed by atoms with Crippen molar-refractivity contribution >= 4 is 43.5 Å². The molecular weight excluding hydrogens is 528 g/mol. The number of benzene rings is 3. The Balaban J connectivity index is 1.50. The molecule has 1 aliphatic rings. The van der Waals surface area contributed by atoms with Crippen molar-refractivity contribution in [3.8, 4) is 0 Å². The Kier molecular flexibility index (Phi) is 8.14. The number of aryl methyl sites for hydroxylation is 1.